The van der Waals surface area contributed by atoms with Crippen molar-refractivity contribution >= 4 is 11.5 Å². The van der Waals surface area contributed by atoms with Gasteiger partial charge in [-0.1, -0.05) is 6.07 Å². The van der Waals surface area contributed by atoms with Gasteiger partial charge in [-0.2, -0.15) is 13.2 Å². The summed E-state index contributed by atoms with van der Waals surface area (Å²) in [5.41, 5.74) is 0.0739. The van der Waals surface area contributed by atoms with Crippen LogP contribution >= 0.6 is 0 Å². The number of carbonyl (C=O) groups excluding carboxylic acids is 1. The number of rotatable bonds is 10. The van der Waals surface area contributed by atoms with Gasteiger partial charge in [-0.15, -0.1) is 0 Å². The van der Waals surface area contributed by atoms with E-state index in [0.29, 0.717) is 24.3 Å². The molecule has 0 aromatic heterocycles. The third-order valence-corrected chi connectivity index (χ3v) is 7.03. The first-order valence-electron chi connectivity index (χ1n) is 12.3. The molecule has 1 atom stereocenters. The predicted octanol–water partition coefficient (Wildman–Crippen LogP) is 4.36. The zero-order valence-corrected chi connectivity index (χ0v) is 19.9. The Balaban J connectivity index is 1.34. The maximum atomic E-state index is 13.0. The second-order valence-electron chi connectivity index (χ2n) is 9.37. The summed E-state index contributed by atoms with van der Waals surface area (Å²) in [7, 11) is 0. The van der Waals surface area contributed by atoms with Crippen molar-refractivity contribution in [3.8, 4) is 0 Å². The van der Waals surface area contributed by atoms with Gasteiger partial charge in [-0.25, -0.2) is 0 Å². The fourth-order valence-corrected chi connectivity index (χ4v) is 4.87. The molecular weight excluding hydrogens is 431 g/mol. The summed E-state index contributed by atoms with van der Waals surface area (Å²) in [6, 6.07) is 5.88. The number of alkyl halides is 3. The summed E-state index contributed by atoms with van der Waals surface area (Å²) in [6.07, 6.45) is 1.40. The smallest absolute Gasteiger partial charge is 0.374 e. The van der Waals surface area contributed by atoms with Crippen molar-refractivity contribution in [2.75, 3.05) is 50.8 Å². The topological polar surface area (TPSA) is 44.8 Å². The fourth-order valence-electron chi connectivity index (χ4n) is 4.87. The van der Waals surface area contributed by atoms with Gasteiger partial charge in [0.2, 0.25) is 0 Å². The van der Waals surface area contributed by atoms with Crippen molar-refractivity contribution in [1.82, 2.24) is 10.2 Å². The van der Waals surface area contributed by atoms with Crippen molar-refractivity contribution in [2.24, 2.45) is 5.92 Å². The van der Waals surface area contributed by atoms with Crippen LogP contribution in [0.4, 0.5) is 18.9 Å². The van der Waals surface area contributed by atoms with Crippen LogP contribution < -0.4 is 10.2 Å². The van der Waals surface area contributed by atoms with Crippen molar-refractivity contribution in [1.29, 1.82) is 0 Å². The molecule has 1 aliphatic heterocycles. The van der Waals surface area contributed by atoms with Crippen LogP contribution in [0.15, 0.2) is 24.3 Å². The zero-order chi connectivity index (χ0) is 23.8. The van der Waals surface area contributed by atoms with E-state index >= 15 is 0 Å². The van der Waals surface area contributed by atoms with E-state index < -0.39 is 11.7 Å². The number of halogens is 3. The molecule has 2 aliphatic rings. The molecule has 1 heterocycles. The number of carbonyl (C=O) groups is 1. The SMILES string of the molecule is CCOCC(=O)C(C)NC1CCC(CCN2CCN(c3cccc(C(F)(F)F)c3)CC2)CC1. The van der Waals surface area contributed by atoms with Crippen LogP contribution in [0.3, 0.4) is 0 Å². The molecule has 0 radical (unpaired) electrons. The van der Waals surface area contributed by atoms with E-state index in [1.54, 1.807) is 6.07 Å². The highest BCUT2D eigenvalue weighted by Crippen LogP contribution is 2.32. The molecule has 1 saturated carbocycles. The highest BCUT2D eigenvalue weighted by atomic mass is 19.4. The van der Waals surface area contributed by atoms with Crippen molar-refractivity contribution < 1.29 is 22.7 Å². The molecule has 5 nitrogen and oxygen atoms in total. The second kappa shape index (κ2) is 12.2. The molecule has 0 spiro atoms. The number of ether oxygens (including phenoxy) is 1. The van der Waals surface area contributed by atoms with Gasteiger partial charge in [-0.05, 0) is 76.6 Å². The second-order valence-corrected chi connectivity index (χ2v) is 9.37. The van der Waals surface area contributed by atoms with E-state index in [1.165, 1.54) is 25.0 Å². The first-order valence-corrected chi connectivity index (χ1v) is 12.3. The molecule has 33 heavy (non-hydrogen) atoms. The van der Waals surface area contributed by atoms with Crippen molar-refractivity contribution in [2.45, 2.75) is 64.2 Å². The van der Waals surface area contributed by atoms with Crippen LogP contribution in [0.1, 0.15) is 51.5 Å². The Kier molecular flexibility index (Phi) is 9.58. The number of piperazine rings is 1. The van der Waals surface area contributed by atoms with E-state index in [4.69, 9.17) is 4.74 Å². The Morgan fingerprint density at radius 1 is 1.15 bits per heavy atom. The molecule has 1 N–H and O–H groups in total. The number of hydrogen-bond acceptors (Lipinski definition) is 5. The van der Waals surface area contributed by atoms with Crippen LogP contribution in [-0.2, 0) is 15.7 Å². The Labute approximate surface area is 195 Å². The van der Waals surface area contributed by atoms with Gasteiger partial charge in [-0.3, -0.25) is 9.69 Å². The molecule has 1 saturated heterocycles. The number of anilines is 1. The molecule has 1 aromatic carbocycles. The van der Waals surface area contributed by atoms with E-state index in [-0.39, 0.29) is 18.4 Å². The zero-order valence-electron chi connectivity index (χ0n) is 19.9. The maximum Gasteiger partial charge on any atom is 0.416 e. The summed E-state index contributed by atoms with van der Waals surface area (Å²) in [5.74, 6) is 0.822. The number of ketones is 1. The van der Waals surface area contributed by atoms with Gasteiger partial charge in [0.25, 0.3) is 0 Å². The van der Waals surface area contributed by atoms with Gasteiger partial charge >= 0.3 is 6.18 Å². The van der Waals surface area contributed by atoms with Crippen molar-refractivity contribution in [3.05, 3.63) is 29.8 Å². The standard InChI is InChI=1S/C25H38F3N3O2/c1-3-33-18-24(32)19(2)29-22-9-7-20(8-10-22)11-12-30-13-15-31(16-14-30)23-6-4-5-21(17-23)25(26,27)28/h4-6,17,19-20,22,29H,3,7-16,18H2,1-2H3. The quantitative estimate of drug-likeness (QED) is 0.552. The predicted molar refractivity (Wildman–Crippen MR) is 125 cm³/mol. The van der Waals surface area contributed by atoms with Crippen LogP contribution in [0.25, 0.3) is 0 Å². The van der Waals surface area contributed by atoms with Crippen LogP contribution in [0, 0.1) is 5.92 Å². The van der Waals surface area contributed by atoms with Gasteiger partial charge in [0, 0.05) is 44.5 Å². The third-order valence-electron chi connectivity index (χ3n) is 7.03. The minimum atomic E-state index is -4.30. The monoisotopic (exact) mass is 469 g/mol. The highest BCUT2D eigenvalue weighted by molar-refractivity contribution is 5.84. The first-order chi connectivity index (χ1) is 15.8. The number of Topliss-reactive ketones (excluding diaryl/α,β-unsaturated/α-hetero) is 1. The normalized spacial score (nSPS) is 23.5. The summed E-state index contributed by atoms with van der Waals surface area (Å²) in [4.78, 5) is 16.5. The number of hydrogen-bond donors (Lipinski definition) is 1. The van der Waals surface area contributed by atoms with E-state index in [1.807, 2.05) is 13.8 Å². The summed E-state index contributed by atoms with van der Waals surface area (Å²) < 4.78 is 44.2. The van der Waals surface area contributed by atoms with Gasteiger partial charge in [0.1, 0.15) is 6.61 Å². The minimum Gasteiger partial charge on any atom is -0.374 e. The van der Waals surface area contributed by atoms with E-state index in [9.17, 15) is 18.0 Å². The lowest BCUT2D eigenvalue weighted by atomic mass is 9.83. The van der Waals surface area contributed by atoms with Gasteiger partial charge in [0.15, 0.2) is 5.78 Å². The fraction of sp³-hybridized carbons (Fsp3) is 0.720. The molecule has 8 heteroatoms. The lowest BCUT2D eigenvalue weighted by Gasteiger charge is -2.37. The lowest BCUT2D eigenvalue weighted by molar-refractivity contribution is -0.137. The average Bonchev–Trinajstić information content (AvgIpc) is 2.82. The number of nitrogens with one attached hydrogen (secondary N) is 1. The van der Waals surface area contributed by atoms with E-state index in [2.05, 4.69) is 15.1 Å². The number of benzene rings is 1. The third kappa shape index (κ3) is 7.97. The molecular formula is C25H38F3N3O2. The molecule has 1 aromatic rings. The largest absolute Gasteiger partial charge is 0.416 e. The Bertz CT molecular complexity index is 743. The molecule has 3 rings (SSSR count). The molecule has 1 aliphatic carbocycles. The van der Waals surface area contributed by atoms with Crippen molar-refractivity contribution in [3.63, 3.8) is 0 Å². The average molecular weight is 470 g/mol. The Morgan fingerprint density at radius 2 is 1.85 bits per heavy atom. The lowest BCUT2D eigenvalue weighted by Crippen LogP contribution is -2.47. The summed E-state index contributed by atoms with van der Waals surface area (Å²) in [6.45, 7) is 8.87. The molecule has 1 unspecified atom stereocenters. The van der Waals surface area contributed by atoms with Crippen LogP contribution in [0.2, 0.25) is 0 Å². The van der Waals surface area contributed by atoms with Gasteiger partial charge < -0.3 is 15.0 Å². The van der Waals surface area contributed by atoms with Crippen LogP contribution in [0.5, 0.6) is 0 Å². The first kappa shape index (κ1) is 26.0. The maximum absolute atomic E-state index is 13.0. The highest BCUT2D eigenvalue weighted by Gasteiger charge is 2.31. The summed E-state index contributed by atoms with van der Waals surface area (Å²) in [5, 5.41) is 3.47. The van der Waals surface area contributed by atoms with Gasteiger partial charge in [0.05, 0.1) is 11.6 Å². The Morgan fingerprint density at radius 3 is 2.48 bits per heavy atom. The molecule has 186 valence electrons. The molecule has 0 amide bonds. The molecule has 0 bridgehead atoms. The number of nitrogens with zero attached hydrogens (tertiary/aromatic N) is 2. The summed E-state index contributed by atoms with van der Waals surface area (Å²) >= 11 is 0. The van der Waals surface area contributed by atoms with Crippen LogP contribution in [-0.4, -0.2) is 68.7 Å². The minimum absolute atomic E-state index is 0.114. The molecule has 2 fully saturated rings. The van der Waals surface area contributed by atoms with E-state index in [0.717, 1.165) is 58.1 Å². The Hall–Kier alpha value is -1.64.